The maximum atomic E-state index is 3.57. The molecule has 1 aliphatic carbocycles. The van der Waals surface area contributed by atoms with Crippen molar-refractivity contribution in [3.05, 3.63) is 35.9 Å². The SMILES string of the molecule is CC(CNCc1[c]cccc1)C1CCCCC1. The third-order valence-electron chi connectivity index (χ3n) is 4.01. The Morgan fingerprint density at radius 2 is 2.12 bits per heavy atom. The van der Waals surface area contributed by atoms with Gasteiger partial charge < -0.3 is 5.32 Å². The summed E-state index contributed by atoms with van der Waals surface area (Å²) >= 11 is 0. The van der Waals surface area contributed by atoms with Gasteiger partial charge in [0.15, 0.2) is 0 Å². The largest absolute Gasteiger partial charge is 0.312 e. The molecule has 1 N–H and O–H groups in total. The van der Waals surface area contributed by atoms with Crippen LogP contribution in [0.4, 0.5) is 0 Å². The third-order valence-corrected chi connectivity index (χ3v) is 4.01. The molecule has 17 heavy (non-hydrogen) atoms. The second-order valence-electron chi connectivity index (χ2n) is 5.39. The van der Waals surface area contributed by atoms with Gasteiger partial charge in [0.2, 0.25) is 0 Å². The lowest BCUT2D eigenvalue weighted by molar-refractivity contribution is 0.256. The molecule has 1 radical (unpaired) electrons. The first-order valence-electron chi connectivity index (χ1n) is 7.02. The highest BCUT2D eigenvalue weighted by Gasteiger charge is 2.19. The van der Waals surface area contributed by atoms with Gasteiger partial charge in [-0.3, -0.25) is 0 Å². The zero-order chi connectivity index (χ0) is 11.9. The van der Waals surface area contributed by atoms with Gasteiger partial charge in [-0.05, 0) is 30.0 Å². The molecular weight excluding hydrogens is 206 g/mol. The molecule has 0 amide bonds. The standard InChI is InChI=1S/C16H24N/c1-14(16-10-6-3-7-11-16)12-17-13-15-8-4-2-5-9-15/h2,4-5,8,14,16-17H,3,6-7,10-13H2,1H3. The van der Waals surface area contributed by atoms with Crippen molar-refractivity contribution in [1.29, 1.82) is 0 Å². The molecule has 0 aromatic heterocycles. The van der Waals surface area contributed by atoms with Crippen LogP contribution in [0.15, 0.2) is 24.3 Å². The molecule has 2 rings (SSSR count). The van der Waals surface area contributed by atoms with E-state index in [1.54, 1.807) is 0 Å². The molecule has 0 heterocycles. The highest BCUT2D eigenvalue weighted by molar-refractivity contribution is 5.12. The molecule has 1 unspecified atom stereocenters. The lowest BCUT2D eigenvalue weighted by Crippen LogP contribution is -2.27. The molecule has 1 heteroatoms. The van der Waals surface area contributed by atoms with Crippen molar-refractivity contribution >= 4 is 0 Å². The minimum atomic E-state index is 0.819. The molecule has 1 aromatic carbocycles. The van der Waals surface area contributed by atoms with E-state index >= 15 is 0 Å². The quantitative estimate of drug-likeness (QED) is 0.811. The average molecular weight is 230 g/mol. The Morgan fingerprint density at radius 1 is 1.29 bits per heavy atom. The molecule has 0 aliphatic heterocycles. The number of rotatable bonds is 5. The van der Waals surface area contributed by atoms with Gasteiger partial charge in [-0.1, -0.05) is 63.3 Å². The third kappa shape index (κ3) is 4.16. The van der Waals surface area contributed by atoms with E-state index in [2.05, 4.69) is 30.4 Å². The Hall–Kier alpha value is -0.820. The van der Waals surface area contributed by atoms with Crippen molar-refractivity contribution in [2.45, 2.75) is 45.6 Å². The predicted octanol–water partition coefficient (Wildman–Crippen LogP) is 3.79. The summed E-state index contributed by atoms with van der Waals surface area (Å²) in [6, 6.07) is 11.5. The van der Waals surface area contributed by atoms with Crippen LogP contribution in [0.2, 0.25) is 0 Å². The first-order chi connectivity index (χ1) is 8.36. The second-order valence-corrected chi connectivity index (χ2v) is 5.39. The zero-order valence-electron chi connectivity index (χ0n) is 10.9. The first-order valence-corrected chi connectivity index (χ1v) is 7.02. The monoisotopic (exact) mass is 230 g/mol. The van der Waals surface area contributed by atoms with Crippen LogP contribution in [-0.4, -0.2) is 6.54 Å². The van der Waals surface area contributed by atoms with Crippen molar-refractivity contribution in [2.24, 2.45) is 11.8 Å². The summed E-state index contributed by atoms with van der Waals surface area (Å²) < 4.78 is 0. The smallest absolute Gasteiger partial charge is 0.0211 e. The fourth-order valence-electron chi connectivity index (χ4n) is 2.84. The molecule has 0 bridgehead atoms. The highest BCUT2D eigenvalue weighted by Crippen LogP contribution is 2.29. The Bertz CT molecular complexity index is 301. The fourth-order valence-corrected chi connectivity index (χ4v) is 2.84. The minimum absolute atomic E-state index is 0.819. The van der Waals surface area contributed by atoms with Crippen LogP contribution in [0.25, 0.3) is 0 Å². The van der Waals surface area contributed by atoms with E-state index in [-0.39, 0.29) is 0 Å². The van der Waals surface area contributed by atoms with Crippen LogP contribution < -0.4 is 5.32 Å². The summed E-state index contributed by atoms with van der Waals surface area (Å²) in [7, 11) is 0. The Balaban J connectivity index is 1.67. The van der Waals surface area contributed by atoms with Gasteiger partial charge in [-0.2, -0.15) is 0 Å². The summed E-state index contributed by atoms with van der Waals surface area (Å²) in [4.78, 5) is 0. The number of hydrogen-bond acceptors (Lipinski definition) is 1. The van der Waals surface area contributed by atoms with Crippen LogP contribution in [0.3, 0.4) is 0 Å². The Morgan fingerprint density at radius 3 is 2.82 bits per heavy atom. The van der Waals surface area contributed by atoms with E-state index in [0.29, 0.717) is 0 Å². The molecule has 1 atom stereocenters. The first kappa shape index (κ1) is 12.6. The molecule has 1 aromatic rings. The molecule has 1 saturated carbocycles. The van der Waals surface area contributed by atoms with Crippen molar-refractivity contribution < 1.29 is 0 Å². The number of nitrogens with one attached hydrogen (secondary N) is 1. The van der Waals surface area contributed by atoms with Crippen LogP contribution in [-0.2, 0) is 6.54 Å². The Kier molecular flexibility index (Phi) is 5.06. The van der Waals surface area contributed by atoms with Crippen molar-refractivity contribution in [3.8, 4) is 0 Å². The van der Waals surface area contributed by atoms with E-state index in [1.165, 1.54) is 37.7 Å². The van der Waals surface area contributed by atoms with Crippen molar-refractivity contribution in [3.63, 3.8) is 0 Å². The number of benzene rings is 1. The highest BCUT2D eigenvalue weighted by atomic mass is 14.9. The summed E-state index contributed by atoms with van der Waals surface area (Å²) in [5, 5.41) is 3.57. The van der Waals surface area contributed by atoms with E-state index in [9.17, 15) is 0 Å². The fraction of sp³-hybridized carbons (Fsp3) is 0.625. The molecule has 0 spiro atoms. The molecular formula is C16H24N. The van der Waals surface area contributed by atoms with Gasteiger partial charge in [0.25, 0.3) is 0 Å². The van der Waals surface area contributed by atoms with Crippen LogP contribution in [0, 0.1) is 17.9 Å². The molecule has 1 nitrogen and oxygen atoms in total. The summed E-state index contributed by atoms with van der Waals surface area (Å²) in [6.07, 6.45) is 7.24. The van der Waals surface area contributed by atoms with Crippen molar-refractivity contribution in [2.75, 3.05) is 6.54 Å². The topological polar surface area (TPSA) is 12.0 Å². The predicted molar refractivity (Wildman–Crippen MR) is 72.7 cm³/mol. The van der Waals surface area contributed by atoms with Gasteiger partial charge in [-0.25, -0.2) is 0 Å². The van der Waals surface area contributed by atoms with E-state index in [1.807, 2.05) is 12.1 Å². The van der Waals surface area contributed by atoms with E-state index < -0.39 is 0 Å². The van der Waals surface area contributed by atoms with E-state index in [4.69, 9.17) is 0 Å². The molecule has 0 saturated heterocycles. The van der Waals surface area contributed by atoms with Gasteiger partial charge >= 0.3 is 0 Å². The molecule has 93 valence electrons. The lowest BCUT2D eigenvalue weighted by atomic mass is 9.81. The lowest BCUT2D eigenvalue weighted by Gasteiger charge is -2.27. The maximum absolute atomic E-state index is 3.57. The zero-order valence-corrected chi connectivity index (χ0v) is 10.9. The Labute approximate surface area is 106 Å². The molecule has 1 fully saturated rings. The van der Waals surface area contributed by atoms with Crippen LogP contribution in [0.5, 0.6) is 0 Å². The van der Waals surface area contributed by atoms with Crippen LogP contribution >= 0.6 is 0 Å². The van der Waals surface area contributed by atoms with E-state index in [0.717, 1.165) is 24.9 Å². The minimum Gasteiger partial charge on any atom is -0.312 e. The van der Waals surface area contributed by atoms with Crippen molar-refractivity contribution in [1.82, 2.24) is 5.32 Å². The summed E-state index contributed by atoms with van der Waals surface area (Å²) in [5.41, 5.74) is 1.27. The van der Waals surface area contributed by atoms with Gasteiger partial charge in [0.05, 0.1) is 0 Å². The summed E-state index contributed by atoms with van der Waals surface area (Å²) in [6.45, 7) is 4.50. The normalized spacial score (nSPS) is 19.1. The van der Waals surface area contributed by atoms with Gasteiger partial charge in [0, 0.05) is 6.54 Å². The molecule has 1 aliphatic rings. The average Bonchev–Trinajstić information content (AvgIpc) is 2.41. The van der Waals surface area contributed by atoms with Gasteiger partial charge in [0.1, 0.15) is 0 Å². The van der Waals surface area contributed by atoms with Gasteiger partial charge in [-0.15, -0.1) is 0 Å². The second kappa shape index (κ2) is 6.80. The van der Waals surface area contributed by atoms with Crippen LogP contribution in [0.1, 0.15) is 44.6 Å². The maximum Gasteiger partial charge on any atom is 0.0211 e. The summed E-state index contributed by atoms with van der Waals surface area (Å²) in [5.74, 6) is 1.77. The number of hydrogen-bond donors (Lipinski definition) is 1.